The van der Waals surface area contributed by atoms with Crippen LogP contribution >= 0.6 is 0 Å². The Morgan fingerprint density at radius 3 is 2.36 bits per heavy atom. The van der Waals surface area contributed by atoms with Crippen molar-refractivity contribution in [1.29, 1.82) is 0 Å². The predicted molar refractivity (Wildman–Crippen MR) is 88.5 cm³/mol. The number of aldehydes is 1. The lowest BCUT2D eigenvalue weighted by Gasteiger charge is -2.09. The third kappa shape index (κ3) is 4.03. The molecule has 0 spiro atoms. The first-order valence-corrected chi connectivity index (χ1v) is 7.82. The molecule has 0 atom stereocenters. The summed E-state index contributed by atoms with van der Waals surface area (Å²) in [6.45, 7) is 0.713. The van der Waals surface area contributed by atoms with Gasteiger partial charge >= 0.3 is 5.97 Å². The largest absolute Gasteiger partial charge is 0.490 e. The smallest absolute Gasteiger partial charge is 0.338 e. The highest BCUT2D eigenvalue weighted by molar-refractivity contribution is 6.00. The molecular weight excluding hydrogens is 324 g/mol. The van der Waals surface area contributed by atoms with E-state index in [4.69, 9.17) is 14.2 Å². The number of ether oxygens (including phenoxy) is 3. The Morgan fingerprint density at radius 1 is 0.960 bits per heavy atom. The van der Waals surface area contributed by atoms with Crippen LogP contribution in [0.1, 0.15) is 37.5 Å². The third-order valence-electron chi connectivity index (χ3n) is 3.69. The molecule has 2 aromatic carbocycles. The zero-order valence-electron chi connectivity index (χ0n) is 13.4. The van der Waals surface area contributed by atoms with Crippen LogP contribution in [0.15, 0.2) is 42.5 Å². The summed E-state index contributed by atoms with van der Waals surface area (Å²) >= 11 is 0. The second kappa shape index (κ2) is 7.61. The summed E-state index contributed by atoms with van der Waals surface area (Å²) in [7, 11) is 0. The summed E-state index contributed by atoms with van der Waals surface area (Å²) in [6.07, 6.45) is 1.46. The van der Waals surface area contributed by atoms with Gasteiger partial charge < -0.3 is 14.2 Å². The summed E-state index contributed by atoms with van der Waals surface area (Å²) < 4.78 is 16.1. The standard InChI is InChI=1S/C19H16O6/c20-11-13-2-4-14(5-3-13)19(22)25-12-16(21)15-6-7-17-18(10-15)24-9-1-8-23-17/h2-7,10-11H,1,8-9,12H2. The van der Waals surface area contributed by atoms with E-state index in [1.165, 1.54) is 24.3 Å². The van der Waals surface area contributed by atoms with Crippen molar-refractivity contribution in [3.63, 3.8) is 0 Å². The molecule has 0 saturated carbocycles. The number of fused-ring (bicyclic) bond motifs is 1. The molecule has 1 aliphatic heterocycles. The highest BCUT2D eigenvalue weighted by Gasteiger charge is 2.16. The van der Waals surface area contributed by atoms with Gasteiger partial charge in [-0.15, -0.1) is 0 Å². The molecule has 1 heterocycles. The maximum absolute atomic E-state index is 12.2. The zero-order chi connectivity index (χ0) is 17.6. The van der Waals surface area contributed by atoms with Crippen molar-refractivity contribution in [2.75, 3.05) is 19.8 Å². The van der Waals surface area contributed by atoms with Gasteiger partial charge in [-0.25, -0.2) is 4.79 Å². The first-order valence-electron chi connectivity index (χ1n) is 7.82. The topological polar surface area (TPSA) is 78.9 Å². The van der Waals surface area contributed by atoms with E-state index in [2.05, 4.69) is 0 Å². The van der Waals surface area contributed by atoms with Gasteiger partial charge in [0, 0.05) is 17.5 Å². The van der Waals surface area contributed by atoms with Crippen molar-refractivity contribution in [3.05, 3.63) is 59.2 Å². The molecule has 0 aliphatic carbocycles. The number of ketones is 1. The molecule has 2 aromatic rings. The van der Waals surface area contributed by atoms with Gasteiger partial charge in [0.2, 0.25) is 0 Å². The highest BCUT2D eigenvalue weighted by atomic mass is 16.5. The van der Waals surface area contributed by atoms with E-state index in [0.29, 0.717) is 42.1 Å². The highest BCUT2D eigenvalue weighted by Crippen LogP contribution is 2.30. The average Bonchev–Trinajstić information content (AvgIpc) is 2.90. The Bertz CT molecular complexity index is 794. The second-order valence-electron chi connectivity index (χ2n) is 5.45. The minimum Gasteiger partial charge on any atom is -0.490 e. The van der Waals surface area contributed by atoms with Crippen molar-refractivity contribution in [1.82, 2.24) is 0 Å². The van der Waals surface area contributed by atoms with Gasteiger partial charge in [-0.05, 0) is 30.3 Å². The molecule has 0 bridgehead atoms. The molecule has 0 aromatic heterocycles. The number of rotatable bonds is 5. The van der Waals surface area contributed by atoms with Crippen molar-refractivity contribution >= 4 is 18.0 Å². The van der Waals surface area contributed by atoms with Gasteiger partial charge in [0.25, 0.3) is 0 Å². The van der Waals surface area contributed by atoms with Crippen LogP contribution in [0.3, 0.4) is 0 Å². The molecule has 6 nitrogen and oxygen atoms in total. The van der Waals surface area contributed by atoms with E-state index < -0.39 is 5.97 Å². The van der Waals surface area contributed by atoms with Crippen LogP contribution in [0.25, 0.3) is 0 Å². The lowest BCUT2D eigenvalue weighted by molar-refractivity contribution is 0.0474. The lowest BCUT2D eigenvalue weighted by atomic mass is 10.1. The fourth-order valence-corrected chi connectivity index (χ4v) is 2.33. The summed E-state index contributed by atoms with van der Waals surface area (Å²) in [5.74, 6) is 0.147. The number of carbonyl (C=O) groups excluding carboxylic acids is 3. The molecule has 1 aliphatic rings. The molecule has 0 radical (unpaired) electrons. The minimum absolute atomic E-state index is 0.275. The van der Waals surface area contributed by atoms with Gasteiger partial charge in [0.1, 0.15) is 6.29 Å². The third-order valence-corrected chi connectivity index (χ3v) is 3.69. The Labute approximate surface area is 144 Å². The van der Waals surface area contributed by atoms with Crippen LogP contribution in [0, 0.1) is 0 Å². The van der Waals surface area contributed by atoms with E-state index in [0.717, 1.165) is 6.42 Å². The van der Waals surface area contributed by atoms with Gasteiger partial charge in [0.15, 0.2) is 23.9 Å². The molecular formula is C19H16O6. The van der Waals surface area contributed by atoms with Crippen molar-refractivity contribution in [2.45, 2.75) is 6.42 Å². The van der Waals surface area contributed by atoms with Crippen LogP contribution < -0.4 is 9.47 Å². The van der Waals surface area contributed by atoms with Crippen LogP contribution in [0.2, 0.25) is 0 Å². The predicted octanol–water partition coefficient (Wildman–Crippen LogP) is 2.70. The van der Waals surface area contributed by atoms with E-state index in [1.54, 1.807) is 18.2 Å². The molecule has 0 fully saturated rings. The van der Waals surface area contributed by atoms with Gasteiger partial charge in [-0.1, -0.05) is 12.1 Å². The van der Waals surface area contributed by atoms with Crippen LogP contribution in [-0.4, -0.2) is 37.9 Å². The van der Waals surface area contributed by atoms with Gasteiger partial charge in [0.05, 0.1) is 18.8 Å². The normalized spacial score (nSPS) is 12.8. The van der Waals surface area contributed by atoms with Gasteiger partial charge in [-0.3, -0.25) is 9.59 Å². The zero-order valence-corrected chi connectivity index (χ0v) is 13.4. The number of esters is 1. The van der Waals surface area contributed by atoms with E-state index in [1.807, 2.05) is 0 Å². The Balaban J connectivity index is 1.63. The first kappa shape index (κ1) is 16.7. The van der Waals surface area contributed by atoms with Crippen LogP contribution in [-0.2, 0) is 4.74 Å². The second-order valence-corrected chi connectivity index (χ2v) is 5.45. The van der Waals surface area contributed by atoms with Crippen molar-refractivity contribution in [2.24, 2.45) is 0 Å². The maximum Gasteiger partial charge on any atom is 0.338 e. The molecule has 25 heavy (non-hydrogen) atoms. The monoisotopic (exact) mass is 340 g/mol. The molecule has 3 rings (SSSR count). The van der Waals surface area contributed by atoms with Crippen molar-refractivity contribution in [3.8, 4) is 11.5 Å². The maximum atomic E-state index is 12.2. The fourth-order valence-electron chi connectivity index (χ4n) is 2.33. The molecule has 0 N–H and O–H groups in total. The SMILES string of the molecule is O=Cc1ccc(C(=O)OCC(=O)c2ccc3c(c2)OCCCO3)cc1. The summed E-state index contributed by atoms with van der Waals surface area (Å²) in [4.78, 5) is 34.8. The van der Waals surface area contributed by atoms with E-state index >= 15 is 0 Å². The number of benzene rings is 2. The Kier molecular flexibility index (Phi) is 5.09. The molecule has 0 unspecified atom stereocenters. The Morgan fingerprint density at radius 2 is 1.64 bits per heavy atom. The number of Topliss-reactive ketones (excluding diaryl/α,β-unsaturated/α-hetero) is 1. The molecule has 6 heteroatoms. The van der Waals surface area contributed by atoms with Crippen LogP contribution in [0.4, 0.5) is 0 Å². The number of hydrogen-bond donors (Lipinski definition) is 0. The lowest BCUT2D eigenvalue weighted by Crippen LogP contribution is -2.14. The average molecular weight is 340 g/mol. The number of hydrogen-bond acceptors (Lipinski definition) is 6. The van der Waals surface area contributed by atoms with Gasteiger partial charge in [-0.2, -0.15) is 0 Å². The minimum atomic E-state index is -0.625. The fraction of sp³-hybridized carbons (Fsp3) is 0.211. The van der Waals surface area contributed by atoms with E-state index in [9.17, 15) is 14.4 Å². The molecule has 0 amide bonds. The Hall–Kier alpha value is -3.15. The van der Waals surface area contributed by atoms with Crippen molar-refractivity contribution < 1.29 is 28.6 Å². The first-order chi connectivity index (χ1) is 12.2. The van der Waals surface area contributed by atoms with E-state index in [-0.39, 0.29) is 18.0 Å². The summed E-state index contributed by atoms with van der Waals surface area (Å²) in [5, 5.41) is 0. The quantitative estimate of drug-likeness (QED) is 0.473. The summed E-state index contributed by atoms with van der Waals surface area (Å²) in [6, 6.07) is 10.9. The molecule has 128 valence electrons. The molecule has 0 saturated heterocycles. The number of carbonyl (C=O) groups is 3. The summed E-state index contributed by atoms with van der Waals surface area (Å²) in [5.41, 5.74) is 1.12. The van der Waals surface area contributed by atoms with Crippen LogP contribution in [0.5, 0.6) is 11.5 Å².